The Kier molecular flexibility index (Phi) is 6.82. The zero-order chi connectivity index (χ0) is 19.8. The zero-order valence-corrected chi connectivity index (χ0v) is 16.4. The molecule has 0 heterocycles. The number of amides is 1. The van der Waals surface area contributed by atoms with Gasteiger partial charge in [-0.1, -0.05) is 72.8 Å². The van der Waals surface area contributed by atoms with E-state index in [0.717, 1.165) is 23.2 Å². The molecule has 0 unspecified atom stereocenters. The van der Waals surface area contributed by atoms with E-state index in [1.807, 2.05) is 66.7 Å². The predicted octanol–water partition coefficient (Wildman–Crippen LogP) is 2.69. The molecular formula is C24H27N2O2+. The fourth-order valence-corrected chi connectivity index (χ4v) is 3.12. The van der Waals surface area contributed by atoms with E-state index in [1.165, 1.54) is 10.5 Å². The van der Waals surface area contributed by atoms with Gasteiger partial charge in [0.05, 0.1) is 14.1 Å². The molecule has 0 aliphatic heterocycles. The molecule has 0 spiro atoms. The van der Waals surface area contributed by atoms with Crippen LogP contribution in [-0.4, -0.2) is 26.6 Å². The zero-order valence-electron chi connectivity index (χ0n) is 16.4. The lowest BCUT2D eigenvalue weighted by atomic mass is 10.1. The third-order valence-electron chi connectivity index (χ3n) is 4.47. The van der Waals surface area contributed by atoms with Crippen LogP contribution in [0.25, 0.3) is 11.1 Å². The van der Waals surface area contributed by atoms with Gasteiger partial charge in [-0.2, -0.15) is 0 Å². The molecule has 0 fully saturated rings. The van der Waals surface area contributed by atoms with Gasteiger partial charge >= 0.3 is 0 Å². The fraction of sp³-hybridized carbons (Fsp3) is 0.208. The average molecular weight is 375 g/mol. The molecule has 0 saturated heterocycles. The van der Waals surface area contributed by atoms with Gasteiger partial charge in [-0.15, -0.1) is 0 Å². The predicted molar refractivity (Wildman–Crippen MR) is 112 cm³/mol. The van der Waals surface area contributed by atoms with E-state index in [9.17, 15) is 4.79 Å². The van der Waals surface area contributed by atoms with Gasteiger partial charge < -0.3 is 15.0 Å². The molecule has 0 aliphatic carbocycles. The van der Waals surface area contributed by atoms with Crippen molar-refractivity contribution in [3.63, 3.8) is 0 Å². The second kappa shape index (κ2) is 9.72. The molecule has 3 aromatic carbocycles. The third kappa shape index (κ3) is 5.44. The Morgan fingerprint density at radius 1 is 0.857 bits per heavy atom. The number of quaternary nitrogens is 1. The fourth-order valence-electron chi connectivity index (χ4n) is 3.12. The van der Waals surface area contributed by atoms with Gasteiger partial charge in [-0.05, 0) is 17.2 Å². The van der Waals surface area contributed by atoms with Crippen molar-refractivity contribution in [2.75, 3.05) is 20.7 Å². The van der Waals surface area contributed by atoms with E-state index < -0.39 is 0 Å². The molecule has 2 N–H and O–H groups in total. The summed E-state index contributed by atoms with van der Waals surface area (Å²) in [5, 5.41) is 2.97. The van der Waals surface area contributed by atoms with Crippen LogP contribution in [0.1, 0.15) is 11.1 Å². The summed E-state index contributed by atoms with van der Waals surface area (Å²) in [7, 11) is 4.24. The smallest absolute Gasteiger partial charge is 0.258 e. The number of carbonyl (C=O) groups excluding carboxylic acids is 1. The SMILES string of the molecule is C[NH+](C)Cc1ccccc1CNC(=O)COc1ccccc1-c1ccccc1. The maximum absolute atomic E-state index is 12.3. The van der Waals surface area contributed by atoms with Crippen molar-refractivity contribution in [2.24, 2.45) is 0 Å². The molecule has 4 heteroatoms. The highest BCUT2D eigenvalue weighted by molar-refractivity contribution is 5.78. The van der Waals surface area contributed by atoms with Gasteiger partial charge in [0.1, 0.15) is 12.3 Å². The van der Waals surface area contributed by atoms with Crippen LogP contribution < -0.4 is 15.0 Å². The summed E-state index contributed by atoms with van der Waals surface area (Å²) in [5.74, 6) is 0.579. The molecule has 3 rings (SSSR count). The van der Waals surface area contributed by atoms with Crippen molar-refractivity contribution in [1.29, 1.82) is 0 Å². The van der Waals surface area contributed by atoms with Gasteiger partial charge in [0.2, 0.25) is 0 Å². The first-order chi connectivity index (χ1) is 13.6. The highest BCUT2D eigenvalue weighted by Crippen LogP contribution is 2.29. The molecule has 0 aromatic heterocycles. The minimum absolute atomic E-state index is 0.00898. The highest BCUT2D eigenvalue weighted by atomic mass is 16.5. The molecule has 0 bridgehead atoms. The van der Waals surface area contributed by atoms with Crippen molar-refractivity contribution in [2.45, 2.75) is 13.1 Å². The Bertz CT molecular complexity index is 907. The summed E-state index contributed by atoms with van der Waals surface area (Å²) < 4.78 is 5.82. The van der Waals surface area contributed by atoms with E-state index in [4.69, 9.17) is 4.74 Å². The summed E-state index contributed by atoms with van der Waals surface area (Å²) >= 11 is 0. The van der Waals surface area contributed by atoms with Crippen molar-refractivity contribution >= 4 is 5.91 Å². The molecule has 0 radical (unpaired) electrons. The van der Waals surface area contributed by atoms with Crippen molar-refractivity contribution < 1.29 is 14.4 Å². The molecule has 4 nitrogen and oxygen atoms in total. The number of carbonyl (C=O) groups is 1. The first-order valence-electron chi connectivity index (χ1n) is 9.53. The molecule has 0 atom stereocenters. The Hall–Kier alpha value is -3.11. The van der Waals surface area contributed by atoms with E-state index in [2.05, 4.69) is 31.5 Å². The number of nitrogens with one attached hydrogen (secondary N) is 2. The monoisotopic (exact) mass is 375 g/mol. The maximum Gasteiger partial charge on any atom is 0.258 e. The first kappa shape index (κ1) is 19.6. The number of hydrogen-bond acceptors (Lipinski definition) is 2. The second-order valence-corrected chi connectivity index (χ2v) is 7.08. The standard InChI is InChI=1S/C24H26N2O2/c1-26(2)17-21-13-7-6-12-20(21)16-25-24(27)18-28-23-15-9-8-14-22(23)19-10-4-3-5-11-19/h3-15H,16-18H2,1-2H3,(H,25,27)/p+1. The molecule has 1 amide bonds. The lowest BCUT2D eigenvalue weighted by Gasteiger charge is -2.14. The summed E-state index contributed by atoms with van der Waals surface area (Å²) in [5.41, 5.74) is 4.44. The van der Waals surface area contributed by atoms with E-state index in [-0.39, 0.29) is 12.5 Å². The Balaban J connectivity index is 1.59. The topological polar surface area (TPSA) is 42.8 Å². The van der Waals surface area contributed by atoms with Crippen molar-refractivity contribution in [3.8, 4) is 16.9 Å². The molecule has 144 valence electrons. The molecular weight excluding hydrogens is 348 g/mol. The normalized spacial score (nSPS) is 10.7. The summed E-state index contributed by atoms with van der Waals surface area (Å²) in [6.45, 7) is 1.42. The number of benzene rings is 3. The highest BCUT2D eigenvalue weighted by Gasteiger charge is 2.10. The molecule has 3 aromatic rings. The first-order valence-corrected chi connectivity index (χ1v) is 9.53. The van der Waals surface area contributed by atoms with Crippen LogP contribution in [0.2, 0.25) is 0 Å². The van der Waals surface area contributed by atoms with Crippen LogP contribution in [0.5, 0.6) is 5.75 Å². The van der Waals surface area contributed by atoms with E-state index >= 15 is 0 Å². The van der Waals surface area contributed by atoms with Crippen LogP contribution in [0.4, 0.5) is 0 Å². The number of para-hydroxylation sites is 1. The van der Waals surface area contributed by atoms with Crippen LogP contribution in [-0.2, 0) is 17.9 Å². The van der Waals surface area contributed by atoms with Crippen LogP contribution in [0.3, 0.4) is 0 Å². The Morgan fingerprint density at radius 3 is 2.25 bits per heavy atom. The van der Waals surface area contributed by atoms with Crippen molar-refractivity contribution in [3.05, 3.63) is 90.0 Å². The van der Waals surface area contributed by atoms with E-state index in [1.54, 1.807) is 0 Å². The van der Waals surface area contributed by atoms with Gasteiger partial charge in [-0.3, -0.25) is 4.79 Å². The third-order valence-corrected chi connectivity index (χ3v) is 4.47. The van der Waals surface area contributed by atoms with Gasteiger partial charge in [0.25, 0.3) is 5.91 Å². The summed E-state index contributed by atoms with van der Waals surface area (Å²) in [6.07, 6.45) is 0. The minimum atomic E-state index is -0.130. The largest absolute Gasteiger partial charge is 0.483 e. The van der Waals surface area contributed by atoms with Crippen molar-refractivity contribution in [1.82, 2.24) is 5.32 Å². The molecule has 0 saturated carbocycles. The lowest BCUT2D eigenvalue weighted by molar-refractivity contribution is -0.872. The molecule has 28 heavy (non-hydrogen) atoms. The van der Waals surface area contributed by atoms with Gasteiger partial charge in [0.15, 0.2) is 6.61 Å². The van der Waals surface area contributed by atoms with Crippen LogP contribution >= 0.6 is 0 Å². The van der Waals surface area contributed by atoms with Gasteiger partial charge in [-0.25, -0.2) is 0 Å². The number of ether oxygens (including phenoxy) is 1. The van der Waals surface area contributed by atoms with E-state index in [0.29, 0.717) is 12.3 Å². The number of hydrogen-bond donors (Lipinski definition) is 2. The molecule has 0 aliphatic rings. The number of rotatable bonds is 8. The summed E-state index contributed by atoms with van der Waals surface area (Å²) in [4.78, 5) is 13.7. The van der Waals surface area contributed by atoms with Crippen LogP contribution in [0.15, 0.2) is 78.9 Å². The maximum atomic E-state index is 12.3. The average Bonchev–Trinajstić information content (AvgIpc) is 2.72. The summed E-state index contributed by atoms with van der Waals surface area (Å²) in [6, 6.07) is 26.0. The lowest BCUT2D eigenvalue weighted by Crippen LogP contribution is -3.04. The quantitative estimate of drug-likeness (QED) is 0.636. The van der Waals surface area contributed by atoms with Gasteiger partial charge in [0, 0.05) is 17.7 Å². The van der Waals surface area contributed by atoms with Crippen LogP contribution in [0, 0.1) is 0 Å². The minimum Gasteiger partial charge on any atom is -0.483 e. The Morgan fingerprint density at radius 2 is 1.50 bits per heavy atom. The second-order valence-electron chi connectivity index (χ2n) is 7.08. The Labute approximate surface area is 166 Å².